The van der Waals surface area contributed by atoms with Gasteiger partial charge in [0.1, 0.15) is 0 Å². The van der Waals surface area contributed by atoms with Gasteiger partial charge in [0.15, 0.2) is 23.0 Å². The first kappa shape index (κ1) is 23.3. The van der Waals surface area contributed by atoms with Gasteiger partial charge in [0.25, 0.3) is 5.91 Å². The first-order chi connectivity index (χ1) is 17.1. The number of fused-ring (bicyclic) bond motifs is 2. The van der Waals surface area contributed by atoms with Crippen molar-refractivity contribution in [2.75, 3.05) is 53.7 Å². The van der Waals surface area contributed by atoms with Gasteiger partial charge in [-0.2, -0.15) is 0 Å². The third-order valence-corrected chi connectivity index (χ3v) is 7.00. The van der Waals surface area contributed by atoms with Gasteiger partial charge in [-0.1, -0.05) is 0 Å². The second-order valence-electron chi connectivity index (χ2n) is 9.10. The van der Waals surface area contributed by atoms with Gasteiger partial charge in [-0.15, -0.1) is 0 Å². The van der Waals surface area contributed by atoms with Gasteiger partial charge in [0.2, 0.25) is 12.7 Å². The van der Waals surface area contributed by atoms with E-state index in [1.165, 1.54) is 5.56 Å². The lowest BCUT2D eigenvalue weighted by Crippen LogP contribution is -2.41. The highest BCUT2D eigenvalue weighted by Gasteiger charge is 2.33. The number of nitrogens with one attached hydrogen (secondary N) is 1. The maximum atomic E-state index is 13.2. The number of carbonyl (C=O) groups is 2. The van der Waals surface area contributed by atoms with E-state index < -0.39 is 0 Å². The van der Waals surface area contributed by atoms with Crippen molar-refractivity contribution < 1.29 is 28.5 Å². The number of hydrogen-bond donors (Lipinski definition) is 1. The molecule has 2 amide bonds. The molecule has 0 radical (unpaired) electrons. The van der Waals surface area contributed by atoms with Gasteiger partial charge in [0, 0.05) is 38.3 Å². The fourth-order valence-corrected chi connectivity index (χ4v) is 5.03. The highest BCUT2D eigenvalue weighted by molar-refractivity contribution is 5.94. The van der Waals surface area contributed by atoms with Gasteiger partial charge in [-0.3, -0.25) is 9.59 Å². The molecule has 0 aliphatic carbocycles. The molecule has 2 aromatic rings. The van der Waals surface area contributed by atoms with Gasteiger partial charge in [-0.25, -0.2) is 0 Å². The lowest BCUT2D eigenvalue weighted by molar-refractivity contribution is -0.136. The van der Waals surface area contributed by atoms with Crippen molar-refractivity contribution in [1.29, 1.82) is 0 Å². The van der Waals surface area contributed by atoms with Crippen LogP contribution in [0.2, 0.25) is 0 Å². The van der Waals surface area contributed by atoms with Crippen LogP contribution >= 0.6 is 0 Å². The molecule has 0 spiro atoms. The number of benzene rings is 2. The molecule has 5 rings (SSSR count). The molecule has 0 bridgehead atoms. The minimum Gasteiger partial charge on any atom is -0.493 e. The molecule has 3 aliphatic heterocycles. The summed E-state index contributed by atoms with van der Waals surface area (Å²) < 4.78 is 21.5. The Morgan fingerprint density at radius 1 is 1.03 bits per heavy atom. The van der Waals surface area contributed by atoms with Crippen LogP contribution in [-0.2, 0) is 17.8 Å². The monoisotopic (exact) mass is 481 g/mol. The van der Waals surface area contributed by atoms with E-state index in [0.717, 1.165) is 30.7 Å². The van der Waals surface area contributed by atoms with E-state index in [1.54, 1.807) is 32.4 Å². The molecule has 3 aliphatic rings. The largest absolute Gasteiger partial charge is 0.493 e. The molecule has 0 unspecified atom stereocenters. The molecule has 0 aromatic heterocycles. The SMILES string of the molecule is COc1cc2c(cc1OC)CN(C(=O)[C@@H]1CCN(CCNC(=O)c3ccc4c(c3)OCO4)C1)CC2. The Bertz CT molecular complexity index is 1120. The molecule has 1 fully saturated rings. The molecule has 9 nitrogen and oxygen atoms in total. The summed E-state index contributed by atoms with van der Waals surface area (Å²) in [4.78, 5) is 29.9. The normalized spacial score (nSPS) is 18.8. The maximum Gasteiger partial charge on any atom is 0.251 e. The van der Waals surface area contributed by atoms with Crippen LogP contribution in [0.4, 0.5) is 0 Å². The summed E-state index contributed by atoms with van der Waals surface area (Å²) in [6.45, 7) is 4.29. The summed E-state index contributed by atoms with van der Waals surface area (Å²) in [5.74, 6) is 2.72. The summed E-state index contributed by atoms with van der Waals surface area (Å²) in [5, 5.41) is 2.96. The van der Waals surface area contributed by atoms with Crippen molar-refractivity contribution in [3.63, 3.8) is 0 Å². The molecule has 2 aromatic carbocycles. The van der Waals surface area contributed by atoms with Crippen molar-refractivity contribution in [3.05, 3.63) is 47.0 Å². The van der Waals surface area contributed by atoms with E-state index in [4.69, 9.17) is 18.9 Å². The van der Waals surface area contributed by atoms with Gasteiger partial charge < -0.3 is 34.1 Å². The zero-order chi connectivity index (χ0) is 24.4. The summed E-state index contributed by atoms with van der Waals surface area (Å²) >= 11 is 0. The fraction of sp³-hybridized carbons (Fsp3) is 0.462. The van der Waals surface area contributed by atoms with Crippen molar-refractivity contribution in [2.45, 2.75) is 19.4 Å². The van der Waals surface area contributed by atoms with Crippen LogP contribution in [0.15, 0.2) is 30.3 Å². The van der Waals surface area contributed by atoms with Gasteiger partial charge in [0.05, 0.1) is 20.1 Å². The number of nitrogens with zero attached hydrogens (tertiary/aromatic N) is 2. The third kappa shape index (κ3) is 4.86. The van der Waals surface area contributed by atoms with E-state index in [1.807, 2.05) is 17.0 Å². The molecular weight excluding hydrogens is 450 g/mol. The second-order valence-corrected chi connectivity index (χ2v) is 9.10. The van der Waals surface area contributed by atoms with Crippen molar-refractivity contribution >= 4 is 11.8 Å². The van der Waals surface area contributed by atoms with Gasteiger partial charge in [-0.05, 0) is 60.8 Å². The zero-order valence-electron chi connectivity index (χ0n) is 20.2. The van der Waals surface area contributed by atoms with Crippen LogP contribution in [0.3, 0.4) is 0 Å². The average molecular weight is 482 g/mol. The van der Waals surface area contributed by atoms with Crippen LogP contribution in [0, 0.1) is 5.92 Å². The number of likely N-dealkylation sites (tertiary alicyclic amines) is 1. The predicted octanol–water partition coefficient (Wildman–Crippen LogP) is 2.07. The summed E-state index contributed by atoms with van der Waals surface area (Å²) in [6, 6.07) is 9.18. The Hall–Kier alpha value is -3.46. The summed E-state index contributed by atoms with van der Waals surface area (Å²) in [6.07, 6.45) is 1.65. The highest BCUT2D eigenvalue weighted by atomic mass is 16.7. The highest BCUT2D eigenvalue weighted by Crippen LogP contribution is 2.34. The van der Waals surface area contributed by atoms with E-state index in [9.17, 15) is 9.59 Å². The van der Waals surface area contributed by atoms with Gasteiger partial charge >= 0.3 is 0 Å². The van der Waals surface area contributed by atoms with E-state index in [-0.39, 0.29) is 24.5 Å². The quantitative estimate of drug-likeness (QED) is 0.648. The van der Waals surface area contributed by atoms with Crippen LogP contribution in [-0.4, -0.2) is 75.4 Å². The minimum absolute atomic E-state index is 0.0127. The van der Waals surface area contributed by atoms with E-state index >= 15 is 0 Å². The Morgan fingerprint density at radius 2 is 1.80 bits per heavy atom. The van der Waals surface area contributed by atoms with Crippen LogP contribution < -0.4 is 24.3 Å². The number of ether oxygens (including phenoxy) is 4. The first-order valence-electron chi connectivity index (χ1n) is 12.0. The van der Waals surface area contributed by atoms with E-state index in [2.05, 4.69) is 10.2 Å². The smallest absolute Gasteiger partial charge is 0.251 e. The molecule has 1 N–H and O–H groups in total. The summed E-state index contributed by atoms with van der Waals surface area (Å²) in [7, 11) is 3.26. The predicted molar refractivity (Wildman–Crippen MR) is 128 cm³/mol. The lowest BCUT2D eigenvalue weighted by atomic mass is 9.97. The molecular formula is C26H31N3O6. The van der Waals surface area contributed by atoms with E-state index in [0.29, 0.717) is 55.5 Å². The molecule has 1 saturated heterocycles. The van der Waals surface area contributed by atoms with Crippen molar-refractivity contribution in [2.24, 2.45) is 5.92 Å². The lowest BCUT2D eigenvalue weighted by Gasteiger charge is -2.31. The van der Waals surface area contributed by atoms with Crippen molar-refractivity contribution in [3.8, 4) is 23.0 Å². The minimum atomic E-state index is -0.144. The molecule has 9 heteroatoms. The third-order valence-electron chi connectivity index (χ3n) is 7.00. The molecule has 1 atom stereocenters. The number of rotatable bonds is 7. The molecule has 3 heterocycles. The number of carbonyl (C=O) groups excluding carboxylic acids is 2. The van der Waals surface area contributed by atoms with Crippen LogP contribution in [0.5, 0.6) is 23.0 Å². The van der Waals surface area contributed by atoms with Crippen molar-refractivity contribution in [1.82, 2.24) is 15.1 Å². The molecule has 35 heavy (non-hydrogen) atoms. The number of amides is 2. The van der Waals surface area contributed by atoms with Crippen LogP contribution in [0.25, 0.3) is 0 Å². The fourth-order valence-electron chi connectivity index (χ4n) is 5.03. The molecule has 0 saturated carbocycles. The number of hydrogen-bond acceptors (Lipinski definition) is 7. The Balaban J connectivity index is 1.10. The summed E-state index contributed by atoms with van der Waals surface area (Å²) in [5.41, 5.74) is 2.87. The zero-order valence-corrected chi connectivity index (χ0v) is 20.2. The topological polar surface area (TPSA) is 89.6 Å². The Kier molecular flexibility index (Phi) is 6.68. The standard InChI is InChI=1S/C26H31N3O6/c1-32-22-11-17-6-9-29(15-20(17)13-23(22)33-2)26(31)19-5-8-28(14-19)10-7-27-25(30)18-3-4-21-24(12-18)35-16-34-21/h3-4,11-13,19H,5-10,14-16H2,1-2H3,(H,27,30)/t19-/m1/s1. The average Bonchev–Trinajstić information content (AvgIpc) is 3.56. The number of methoxy groups -OCH3 is 2. The first-order valence-corrected chi connectivity index (χ1v) is 12.0. The second kappa shape index (κ2) is 10.0. The van der Waals surface area contributed by atoms with Crippen LogP contribution in [0.1, 0.15) is 27.9 Å². The molecule has 186 valence electrons. The Morgan fingerprint density at radius 3 is 2.60 bits per heavy atom. The maximum absolute atomic E-state index is 13.2. The Labute approximate surface area is 204 Å².